The zero-order chi connectivity index (χ0) is 12.8. The Labute approximate surface area is 130 Å². The molecule has 7 aliphatic rings. The summed E-state index contributed by atoms with van der Waals surface area (Å²) in [7, 11) is 0. The molecule has 5 aliphatic carbocycles. The van der Waals surface area contributed by atoms with E-state index in [1.54, 1.807) is 0 Å². The van der Waals surface area contributed by atoms with Gasteiger partial charge in [0.1, 0.15) is 5.72 Å². The topological polar surface area (TPSA) is 23.5 Å². The first-order valence-corrected chi connectivity index (χ1v) is 8.35. The van der Waals surface area contributed by atoms with E-state index in [-0.39, 0.29) is 12.4 Å². The van der Waals surface area contributed by atoms with E-state index >= 15 is 0 Å². The second-order valence-corrected chi connectivity index (χ2v) is 8.31. The van der Waals surface area contributed by atoms with Crippen LogP contribution in [0.1, 0.15) is 12.0 Å². The largest absolute Gasteiger partial charge is 0.375 e. The quantitative estimate of drug-likeness (QED) is 0.906. The van der Waals surface area contributed by atoms with Crippen LogP contribution in [0, 0.1) is 47.3 Å². The fourth-order valence-corrected chi connectivity index (χ4v) is 8.55. The van der Waals surface area contributed by atoms with Crippen LogP contribution in [-0.4, -0.2) is 21.8 Å². The van der Waals surface area contributed by atoms with Gasteiger partial charge in [0.2, 0.25) is 0 Å². The van der Waals surface area contributed by atoms with Crippen LogP contribution in [-0.2, 0) is 6.54 Å². The van der Waals surface area contributed by atoms with Crippen LogP contribution in [0.5, 0.6) is 0 Å². The minimum atomic E-state index is -0.410. The fourth-order valence-electron chi connectivity index (χ4n) is 8.55. The average Bonchev–Trinajstić information content (AvgIpc) is 3.06. The molecule has 5 saturated carbocycles. The molecule has 1 aromatic rings. The molecule has 21 heavy (non-hydrogen) atoms. The lowest BCUT2D eigenvalue weighted by atomic mass is 9.59. The third-order valence-corrected chi connectivity index (χ3v) is 8.41. The molecule has 1 aromatic carbocycles. The maximum Gasteiger partial charge on any atom is 0.125 e. The molecular weight excluding hydrogens is 282 g/mol. The van der Waals surface area contributed by atoms with Crippen LogP contribution in [0.2, 0.25) is 0 Å². The molecule has 0 spiro atoms. The molecule has 1 N–H and O–H groups in total. The number of nitrogens with zero attached hydrogens (tertiary/aromatic N) is 1. The van der Waals surface area contributed by atoms with Gasteiger partial charge in [-0.25, -0.2) is 0 Å². The molecule has 2 nitrogen and oxygen atoms in total. The summed E-state index contributed by atoms with van der Waals surface area (Å²) in [6.45, 7) is 0.973. The maximum atomic E-state index is 11.6. The van der Waals surface area contributed by atoms with Crippen LogP contribution < -0.4 is 0 Å². The molecule has 2 heterocycles. The van der Waals surface area contributed by atoms with Crippen molar-refractivity contribution in [2.24, 2.45) is 47.3 Å². The highest BCUT2D eigenvalue weighted by Gasteiger charge is 2.93. The summed E-state index contributed by atoms with van der Waals surface area (Å²) < 4.78 is 0. The minimum Gasteiger partial charge on any atom is -0.375 e. The number of rotatable bonds is 2. The van der Waals surface area contributed by atoms with Gasteiger partial charge in [0.15, 0.2) is 0 Å². The fraction of sp³-hybridized carbons (Fsp3) is 0.667. The van der Waals surface area contributed by atoms with Crippen LogP contribution in [0.4, 0.5) is 0 Å². The molecule has 4 bridgehead atoms. The van der Waals surface area contributed by atoms with E-state index < -0.39 is 5.72 Å². The first-order valence-electron chi connectivity index (χ1n) is 8.35. The monoisotopic (exact) mass is 301 g/mol. The van der Waals surface area contributed by atoms with Gasteiger partial charge in [-0.05, 0) is 47.5 Å². The number of hydrogen-bond acceptors (Lipinski definition) is 2. The Kier molecular flexibility index (Phi) is 1.82. The van der Waals surface area contributed by atoms with Gasteiger partial charge >= 0.3 is 0 Å². The summed E-state index contributed by atoms with van der Waals surface area (Å²) in [6, 6.07) is 11.5. The van der Waals surface area contributed by atoms with Crippen LogP contribution in [0.15, 0.2) is 30.3 Å². The summed E-state index contributed by atoms with van der Waals surface area (Å²) in [6.07, 6.45) is 1.47. The van der Waals surface area contributed by atoms with E-state index in [1.807, 2.05) is 0 Å². The SMILES string of the molecule is Cl.OC12C3C4CC5C6C4C1C6C(C53)N2Cc1ccccc1. The van der Waals surface area contributed by atoms with Crippen molar-refractivity contribution in [2.45, 2.75) is 24.7 Å². The van der Waals surface area contributed by atoms with Crippen molar-refractivity contribution in [3.63, 3.8) is 0 Å². The third kappa shape index (κ3) is 0.890. The molecule has 2 saturated heterocycles. The Morgan fingerprint density at radius 1 is 1.00 bits per heavy atom. The third-order valence-electron chi connectivity index (χ3n) is 8.41. The lowest BCUT2D eigenvalue weighted by Gasteiger charge is -2.45. The van der Waals surface area contributed by atoms with Crippen molar-refractivity contribution in [1.82, 2.24) is 4.90 Å². The second-order valence-electron chi connectivity index (χ2n) is 8.31. The number of benzene rings is 1. The van der Waals surface area contributed by atoms with Gasteiger partial charge in [0.05, 0.1) is 0 Å². The molecule has 8 rings (SSSR count). The van der Waals surface area contributed by atoms with E-state index in [1.165, 1.54) is 12.0 Å². The predicted molar refractivity (Wildman–Crippen MR) is 80.5 cm³/mol. The number of aliphatic hydroxyl groups is 1. The summed E-state index contributed by atoms with van der Waals surface area (Å²) in [5, 5.41) is 11.6. The predicted octanol–water partition coefficient (Wildman–Crippen LogP) is 2.37. The van der Waals surface area contributed by atoms with E-state index in [9.17, 15) is 5.11 Å². The van der Waals surface area contributed by atoms with Crippen molar-refractivity contribution in [1.29, 1.82) is 0 Å². The number of halogens is 1. The van der Waals surface area contributed by atoms with Gasteiger partial charge in [-0.3, -0.25) is 4.90 Å². The lowest BCUT2D eigenvalue weighted by molar-refractivity contribution is -0.134. The molecule has 3 heteroatoms. The Hall–Kier alpha value is -0.570. The molecule has 10 atom stereocenters. The summed E-state index contributed by atoms with van der Waals surface area (Å²) in [5.41, 5.74) is 0.967. The smallest absolute Gasteiger partial charge is 0.125 e. The minimum absolute atomic E-state index is 0. The molecular formula is C18H20ClNO. The van der Waals surface area contributed by atoms with Crippen LogP contribution in [0.3, 0.4) is 0 Å². The summed E-state index contributed by atoms with van der Waals surface area (Å²) in [4.78, 5) is 2.55. The van der Waals surface area contributed by atoms with E-state index in [4.69, 9.17) is 0 Å². The Morgan fingerprint density at radius 3 is 2.62 bits per heavy atom. The maximum absolute atomic E-state index is 11.6. The van der Waals surface area contributed by atoms with Crippen LogP contribution in [0.25, 0.3) is 0 Å². The van der Waals surface area contributed by atoms with Crippen molar-refractivity contribution < 1.29 is 5.11 Å². The van der Waals surface area contributed by atoms with E-state index in [2.05, 4.69) is 35.2 Å². The Morgan fingerprint density at radius 2 is 1.81 bits per heavy atom. The second kappa shape index (κ2) is 3.20. The molecule has 0 amide bonds. The lowest BCUT2D eigenvalue weighted by Crippen LogP contribution is -2.50. The van der Waals surface area contributed by atoms with Gasteiger partial charge in [0.25, 0.3) is 0 Å². The highest BCUT2D eigenvalue weighted by molar-refractivity contribution is 5.85. The normalized spacial score (nSPS) is 62.6. The van der Waals surface area contributed by atoms with Gasteiger partial charge in [-0.1, -0.05) is 30.3 Å². The number of hydrogen-bond donors (Lipinski definition) is 1. The summed E-state index contributed by atoms with van der Waals surface area (Å²) in [5.74, 6) is 6.86. The van der Waals surface area contributed by atoms with Gasteiger partial charge in [0, 0.05) is 24.4 Å². The van der Waals surface area contributed by atoms with Gasteiger partial charge in [-0.2, -0.15) is 0 Å². The van der Waals surface area contributed by atoms with E-state index in [0.29, 0.717) is 11.8 Å². The highest BCUT2D eigenvalue weighted by Crippen LogP contribution is 2.90. The Balaban J connectivity index is 0.000000966. The van der Waals surface area contributed by atoms with Gasteiger partial charge in [-0.15, -0.1) is 12.4 Å². The van der Waals surface area contributed by atoms with Crippen molar-refractivity contribution >= 4 is 12.4 Å². The first-order chi connectivity index (χ1) is 9.82. The molecule has 7 fully saturated rings. The highest BCUT2D eigenvalue weighted by atomic mass is 35.5. The Bertz CT molecular complexity index is 650. The average molecular weight is 302 g/mol. The molecule has 10 unspecified atom stereocenters. The zero-order valence-corrected chi connectivity index (χ0v) is 12.6. The standard InChI is InChI=1S/C18H19NO.ClH/c20-18-15-10-6-9-11-12(10)16(18)14(11)17(13(9)15)19(18)7-8-4-2-1-3-5-8;/h1-5,9-17,20H,6-7H2;1H. The van der Waals surface area contributed by atoms with Crippen molar-refractivity contribution in [2.75, 3.05) is 0 Å². The first kappa shape index (κ1) is 11.9. The summed E-state index contributed by atoms with van der Waals surface area (Å²) >= 11 is 0. The van der Waals surface area contributed by atoms with Gasteiger partial charge < -0.3 is 5.11 Å². The molecule has 110 valence electrons. The molecule has 0 aromatic heterocycles. The molecule has 0 radical (unpaired) electrons. The van der Waals surface area contributed by atoms with E-state index in [0.717, 1.165) is 48.1 Å². The zero-order valence-electron chi connectivity index (χ0n) is 11.8. The van der Waals surface area contributed by atoms with Crippen molar-refractivity contribution in [3.05, 3.63) is 35.9 Å². The van der Waals surface area contributed by atoms with Crippen molar-refractivity contribution in [3.8, 4) is 0 Å². The van der Waals surface area contributed by atoms with Crippen LogP contribution >= 0.6 is 12.4 Å². The molecule has 2 aliphatic heterocycles.